The molecule has 10 nitrogen and oxygen atoms in total. The number of amides is 1. The molecule has 3 atom stereocenters. The van der Waals surface area contributed by atoms with Gasteiger partial charge < -0.3 is 19.9 Å². The molecule has 1 aliphatic carbocycles. The fraction of sp³-hybridized carbons (Fsp3) is 0.423. The lowest BCUT2D eigenvalue weighted by molar-refractivity contribution is -0.143. The summed E-state index contributed by atoms with van der Waals surface area (Å²) in [5, 5.41) is 20.3. The van der Waals surface area contributed by atoms with Crippen molar-refractivity contribution in [1.82, 2.24) is 25.3 Å². The molecule has 0 bridgehead atoms. The Morgan fingerprint density at radius 3 is 2.83 bits per heavy atom. The average molecular weight is 496 g/mol. The number of allylic oxidation sites excluding steroid dienone is 3. The maximum Gasteiger partial charge on any atom is 0.408 e. The highest BCUT2D eigenvalue weighted by atomic mass is 16.6. The van der Waals surface area contributed by atoms with E-state index in [1.54, 1.807) is 43.1 Å². The number of carboxylic acid groups (broad SMARTS) is 1. The van der Waals surface area contributed by atoms with Crippen LogP contribution in [0.5, 0.6) is 5.75 Å². The smallest absolute Gasteiger partial charge is 0.408 e. The summed E-state index contributed by atoms with van der Waals surface area (Å²) in [6.45, 7) is 7.58. The maximum atomic E-state index is 12.4. The summed E-state index contributed by atoms with van der Waals surface area (Å²) < 4.78 is 13.0. The molecule has 2 N–H and O–H groups in total. The number of nitrogens with zero attached hydrogens (tertiary/aromatic N) is 4. The lowest BCUT2D eigenvalue weighted by Crippen LogP contribution is -2.29. The van der Waals surface area contributed by atoms with Gasteiger partial charge >= 0.3 is 12.1 Å². The molecule has 10 heteroatoms. The third kappa shape index (κ3) is 7.03. The number of rotatable bonds is 10. The number of alkyl carbamates (subject to hydrolysis) is 1. The third-order valence-corrected chi connectivity index (χ3v) is 6.07. The molecule has 36 heavy (non-hydrogen) atoms. The predicted molar refractivity (Wildman–Crippen MR) is 134 cm³/mol. The number of pyridine rings is 1. The van der Waals surface area contributed by atoms with Gasteiger partial charge in [0.05, 0.1) is 36.2 Å². The minimum absolute atomic E-state index is 0.144. The Bertz CT molecular complexity index is 1120. The second-order valence-electron chi connectivity index (χ2n) is 8.63. The van der Waals surface area contributed by atoms with Crippen LogP contribution in [-0.4, -0.2) is 49.4 Å². The minimum atomic E-state index is -0.773. The summed E-state index contributed by atoms with van der Waals surface area (Å²) in [7, 11) is 1.73. The highest BCUT2D eigenvalue weighted by molar-refractivity contribution is 5.70. The Morgan fingerprint density at radius 2 is 2.17 bits per heavy atom. The lowest BCUT2D eigenvalue weighted by atomic mass is 9.87. The molecule has 2 heterocycles. The van der Waals surface area contributed by atoms with E-state index in [9.17, 15) is 14.7 Å². The highest BCUT2D eigenvalue weighted by Crippen LogP contribution is 2.28. The number of aryl methyl sites for hydroxylation is 1. The molecule has 1 amide bonds. The summed E-state index contributed by atoms with van der Waals surface area (Å²) in [6.07, 6.45) is 10.4. The molecule has 0 spiro atoms. The number of aliphatic carboxylic acids is 1. The van der Waals surface area contributed by atoms with Gasteiger partial charge in [0.15, 0.2) is 0 Å². The van der Waals surface area contributed by atoms with Crippen LogP contribution in [0.2, 0.25) is 0 Å². The minimum Gasteiger partial charge on any atom is -0.489 e. The van der Waals surface area contributed by atoms with Gasteiger partial charge in [-0.25, -0.2) is 9.48 Å². The predicted octanol–water partition coefficient (Wildman–Crippen LogP) is 4.20. The fourth-order valence-electron chi connectivity index (χ4n) is 4.04. The zero-order chi connectivity index (χ0) is 26.1. The van der Waals surface area contributed by atoms with Gasteiger partial charge in [-0.15, -0.1) is 5.10 Å². The first-order valence-electron chi connectivity index (χ1n) is 12.0. The summed E-state index contributed by atoms with van der Waals surface area (Å²) in [6, 6.07) is 3.55. The first kappa shape index (κ1) is 26.7. The SMILES string of the molecule is C=C/C(=C\C=C/C)[C@@H](C)OC(=O)NCc1c(-c2ccc(O[C@H]3CCCC(C(=O)O)C3)cn2)nnn1C. The van der Waals surface area contributed by atoms with Gasteiger partial charge in [0.25, 0.3) is 0 Å². The Morgan fingerprint density at radius 1 is 1.36 bits per heavy atom. The van der Waals surface area contributed by atoms with Crippen LogP contribution in [0, 0.1) is 5.92 Å². The topological polar surface area (TPSA) is 128 Å². The zero-order valence-electron chi connectivity index (χ0n) is 20.9. The van der Waals surface area contributed by atoms with E-state index in [4.69, 9.17) is 9.47 Å². The summed E-state index contributed by atoms with van der Waals surface area (Å²) in [5.41, 5.74) is 2.54. The van der Waals surface area contributed by atoms with E-state index in [2.05, 4.69) is 27.2 Å². The molecule has 3 rings (SSSR count). The van der Waals surface area contributed by atoms with Crippen LogP contribution >= 0.6 is 0 Å². The summed E-state index contributed by atoms with van der Waals surface area (Å²) in [5.74, 6) is -0.571. The van der Waals surface area contributed by atoms with Crippen molar-refractivity contribution in [3.05, 3.63) is 60.5 Å². The molecular weight excluding hydrogens is 462 g/mol. The van der Waals surface area contributed by atoms with E-state index < -0.39 is 18.2 Å². The maximum absolute atomic E-state index is 12.4. The lowest BCUT2D eigenvalue weighted by Gasteiger charge is -2.27. The van der Waals surface area contributed by atoms with Crippen LogP contribution in [0.25, 0.3) is 11.4 Å². The van der Waals surface area contributed by atoms with Crippen molar-refractivity contribution in [3.8, 4) is 17.1 Å². The molecule has 0 aliphatic heterocycles. The van der Waals surface area contributed by atoms with Crippen LogP contribution in [0.15, 0.2) is 54.8 Å². The van der Waals surface area contributed by atoms with Crippen LogP contribution < -0.4 is 10.1 Å². The van der Waals surface area contributed by atoms with E-state index in [1.807, 2.05) is 25.2 Å². The normalized spacial score (nSPS) is 19.0. The largest absolute Gasteiger partial charge is 0.489 e. The van der Waals surface area contributed by atoms with Crippen LogP contribution in [0.1, 0.15) is 45.2 Å². The summed E-state index contributed by atoms with van der Waals surface area (Å²) in [4.78, 5) is 28.1. The van der Waals surface area contributed by atoms with Gasteiger partial charge in [-0.1, -0.05) is 36.1 Å². The molecule has 0 radical (unpaired) electrons. The molecule has 2 aromatic heterocycles. The Labute approximate surface area is 210 Å². The van der Waals surface area contributed by atoms with E-state index in [1.165, 1.54) is 0 Å². The number of carbonyl (C=O) groups is 2. The molecule has 1 unspecified atom stereocenters. The van der Waals surface area contributed by atoms with Gasteiger partial charge in [-0.05, 0) is 57.2 Å². The Hall–Kier alpha value is -3.95. The van der Waals surface area contributed by atoms with Gasteiger partial charge in [0.1, 0.15) is 17.5 Å². The van der Waals surface area contributed by atoms with Crippen molar-refractivity contribution >= 4 is 12.1 Å². The van der Waals surface area contributed by atoms with E-state index in [-0.39, 0.29) is 18.6 Å². The first-order valence-corrected chi connectivity index (χ1v) is 12.0. The molecule has 0 saturated heterocycles. The summed E-state index contributed by atoms with van der Waals surface area (Å²) >= 11 is 0. The number of carbonyl (C=O) groups excluding carboxylic acids is 1. The highest BCUT2D eigenvalue weighted by Gasteiger charge is 2.28. The average Bonchev–Trinajstić information content (AvgIpc) is 3.24. The van der Waals surface area contributed by atoms with E-state index >= 15 is 0 Å². The Kier molecular flexibility index (Phi) is 9.38. The van der Waals surface area contributed by atoms with Crippen molar-refractivity contribution in [2.24, 2.45) is 13.0 Å². The number of hydrogen-bond acceptors (Lipinski definition) is 7. The van der Waals surface area contributed by atoms with E-state index in [0.717, 1.165) is 18.4 Å². The molecular formula is C26H33N5O5. The molecule has 0 aromatic carbocycles. The van der Waals surface area contributed by atoms with Crippen LogP contribution in [-0.2, 0) is 23.1 Å². The van der Waals surface area contributed by atoms with Crippen molar-refractivity contribution in [2.75, 3.05) is 0 Å². The van der Waals surface area contributed by atoms with Crippen molar-refractivity contribution in [1.29, 1.82) is 0 Å². The molecule has 1 fully saturated rings. The zero-order valence-corrected chi connectivity index (χ0v) is 20.9. The Balaban J connectivity index is 1.61. The monoisotopic (exact) mass is 495 g/mol. The van der Waals surface area contributed by atoms with Crippen LogP contribution in [0.4, 0.5) is 4.79 Å². The number of nitrogens with one attached hydrogen (secondary N) is 1. The number of aromatic nitrogens is 4. The van der Waals surface area contributed by atoms with Crippen LogP contribution in [0.3, 0.4) is 0 Å². The number of hydrogen-bond donors (Lipinski definition) is 2. The van der Waals surface area contributed by atoms with Crippen molar-refractivity contribution in [3.63, 3.8) is 0 Å². The van der Waals surface area contributed by atoms with Gasteiger partial charge in [0, 0.05) is 7.05 Å². The van der Waals surface area contributed by atoms with Crippen molar-refractivity contribution in [2.45, 2.75) is 58.3 Å². The van der Waals surface area contributed by atoms with Gasteiger partial charge in [0.2, 0.25) is 0 Å². The van der Waals surface area contributed by atoms with Crippen molar-refractivity contribution < 1.29 is 24.2 Å². The fourth-order valence-corrected chi connectivity index (χ4v) is 4.04. The molecule has 1 saturated carbocycles. The first-order chi connectivity index (χ1) is 17.3. The second-order valence-corrected chi connectivity index (χ2v) is 8.63. The number of ether oxygens (including phenoxy) is 2. The molecule has 1 aliphatic rings. The number of carboxylic acids is 1. The third-order valence-electron chi connectivity index (χ3n) is 6.07. The molecule has 2 aromatic rings. The second kappa shape index (κ2) is 12.7. The van der Waals surface area contributed by atoms with Gasteiger partial charge in [-0.2, -0.15) is 0 Å². The van der Waals surface area contributed by atoms with Gasteiger partial charge in [-0.3, -0.25) is 9.78 Å². The quantitative estimate of drug-likeness (QED) is 0.469. The van der Waals surface area contributed by atoms with E-state index in [0.29, 0.717) is 35.7 Å². The standard InChI is InChI=1S/C26H33N5O5/c1-5-7-9-18(6-2)17(3)35-26(34)28-16-23-24(29-30-31(23)4)22-13-12-21(15-27-22)36-20-11-8-10-19(14-20)25(32)33/h5-7,9,12-13,15,17,19-20H,2,8,10-11,14,16H2,1,3-4H3,(H,28,34)(H,32,33)/b7-5-,18-9+/t17-,19?,20+/m1/s1. The molecule has 192 valence electrons.